The van der Waals surface area contributed by atoms with Crippen LogP contribution in [0.4, 0.5) is 5.69 Å². The Morgan fingerprint density at radius 1 is 1.04 bits per heavy atom. The first-order chi connectivity index (χ1) is 13.5. The molecule has 0 heterocycles. The average Bonchev–Trinajstić information content (AvgIpc) is 2.73. The van der Waals surface area contributed by atoms with Gasteiger partial charge in [0.25, 0.3) is 7.37 Å². The van der Waals surface area contributed by atoms with Gasteiger partial charge in [-0.05, 0) is 43.2 Å². The molecular formula is C22H30NO4P. The number of aliphatic hydroxyl groups is 1. The number of rotatable bonds is 7. The molecule has 6 heteroatoms. The Balaban J connectivity index is 2.01. The van der Waals surface area contributed by atoms with E-state index in [9.17, 15) is 9.67 Å². The molecule has 1 fully saturated rings. The summed E-state index contributed by atoms with van der Waals surface area (Å²) in [7, 11) is 1.87. The van der Waals surface area contributed by atoms with Crippen LogP contribution in [0.25, 0.3) is 0 Å². The van der Waals surface area contributed by atoms with Gasteiger partial charge in [0.2, 0.25) is 0 Å². The number of anilines is 1. The summed E-state index contributed by atoms with van der Waals surface area (Å²) in [4.78, 5) is 1.98. The van der Waals surface area contributed by atoms with Crippen LogP contribution < -0.4 is 14.9 Å². The Labute approximate surface area is 167 Å². The van der Waals surface area contributed by atoms with Gasteiger partial charge < -0.3 is 19.3 Å². The topological polar surface area (TPSA) is 59.0 Å². The molecule has 152 valence electrons. The largest absolute Gasteiger partial charge is 0.496 e. The summed E-state index contributed by atoms with van der Waals surface area (Å²) in [6.45, 7) is 0. The van der Waals surface area contributed by atoms with Crippen molar-refractivity contribution in [2.24, 2.45) is 0 Å². The van der Waals surface area contributed by atoms with E-state index in [1.54, 1.807) is 37.4 Å². The molecule has 0 saturated heterocycles. The highest BCUT2D eigenvalue weighted by atomic mass is 31.2. The van der Waals surface area contributed by atoms with Gasteiger partial charge in [0, 0.05) is 30.7 Å². The predicted octanol–water partition coefficient (Wildman–Crippen LogP) is 4.71. The van der Waals surface area contributed by atoms with Gasteiger partial charge in [-0.2, -0.15) is 0 Å². The minimum Gasteiger partial charge on any atom is -0.496 e. The van der Waals surface area contributed by atoms with E-state index in [-0.39, 0.29) is 6.10 Å². The van der Waals surface area contributed by atoms with E-state index in [0.29, 0.717) is 16.6 Å². The lowest BCUT2D eigenvalue weighted by Crippen LogP contribution is -2.22. The molecule has 1 saturated carbocycles. The normalized spacial score (nSPS) is 18.3. The Morgan fingerprint density at radius 2 is 1.68 bits per heavy atom. The number of hydrogen-bond acceptors (Lipinski definition) is 5. The van der Waals surface area contributed by atoms with Crippen molar-refractivity contribution in [3.8, 4) is 5.75 Å². The lowest BCUT2D eigenvalue weighted by atomic mass is 9.98. The van der Waals surface area contributed by atoms with Gasteiger partial charge in [0.05, 0.1) is 13.2 Å². The zero-order valence-corrected chi connectivity index (χ0v) is 17.8. The minimum atomic E-state index is -3.59. The van der Waals surface area contributed by atoms with Crippen molar-refractivity contribution in [3.05, 3.63) is 54.1 Å². The molecular weight excluding hydrogens is 373 g/mol. The summed E-state index contributed by atoms with van der Waals surface area (Å²) in [6.07, 6.45) is 4.95. The molecule has 1 aliphatic rings. The maximum atomic E-state index is 14.2. The Morgan fingerprint density at radius 3 is 2.29 bits per heavy atom. The molecule has 2 atom stereocenters. The third-order valence-electron chi connectivity index (χ3n) is 5.32. The molecule has 1 N–H and O–H groups in total. The van der Waals surface area contributed by atoms with E-state index in [2.05, 4.69) is 0 Å². The van der Waals surface area contributed by atoms with Crippen molar-refractivity contribution in [3.63, 3.8) is 0 Å². The molecule has 0 unspecified atom stereocenters. The smallest absolute Gasteiger partial charge is 0.264 e. The number of hydrogen-bond donors (Lipinski definition) is 1. The van der Waals surface area contributed by atoms with Crippen LogP contribution >= 0.6 is 7.37 Å². The van der Waals surface area contributed by atoms with Gasteiger partial charge in [-0.25, -0.2) is 0 Å². The maximum Gasteiger partial charge on any atom is 0.264 e. The highest BCUT2D eigenvalue weighted by molar-refractivity contribution is 7.67. The highest BCUT2D eigenvalue weighted by Crippen LogP contribution is 2.60. The first-order valence-corrected chi connectivity index (χ1v) is 11.5. The number of aliphatic hydroxyl groups excluding tert-OH is 1. The van der Waals surface area contributed by atoms with Gasteiger partial charge in [-0.1, -0.05) is 37.5 Å². The number of para-hydroxylation sites is 1. The molecule has 0 aliphatic heterocycles. The molecule has 2 aromatic rings. The summed E-state index contributed by atoms with van der Waals surface area (Å²) in [5.74, 6) is -0.775. The Kier molecular flexibility index (Phi) is 6.82. The van der Waals surface area contributed by atoms with E-state index in [1.807, 2.05) is 37.2 Å². The van der Waals surface area contributed by atoms with Crippen LogP contribution in [0.2, 0.25) is 0 Å². The molecule has 0 spiro atoms. The van der Waals surface area contributed by atoms with E-state index < -0.39 is 13.2 Å². The molecule has 1 aliphatic carbocycles. The van der Waals surface area contributed by atoms with Crippen LogP contribution in [0.15, 0.2) is 48.5 Å². The summed E-state index contributed by atoms with van der Waals surface area (Å²) in [5.41, 5.74) is 1.49. The van der Waals surface area contributed by atoms with Crippen LogP contribution in [-0.4, -0.2) is 32.4 Å². The van der Waals surface area contributed by atoms with Gasteiger partial charge in [-0.3, -0.25) is 4.57 Å². The van der Waals surface area contributed by atoms with Crippen molar-refractivity contribution >= 4 is 18.4 Å². The third kappa shape index (κ3) is 4.43. The Hall–Kier alpha value is -1.81. The highest BCUT2D eigenvalue weighted by Gasteiger charge is 2.40. The second kappa shape index (κ2) is 9.13. The molecule has 28 heavy (non-hydrogen) atoms. The van der Waals surface area contributed by atoms with E-state index in [0.717, 1.165) is 31.4 Å². The molecule has 5 nitrogen and oxygen atoms in total. The fraction of sp³-hybridized carbons (Fsp3) is 0.455. The lowest BCUT2D eigenvalue weighted by molar-refractivity contribution is 0.136. The monoisotopic (exact) mass is 403 g/mol. The van der Waals surface area contributed by atoms with E-state index >= 15 is 0 Å². The maximum absolute atomic E-state index is 14.2. The molecule has 0 bridgehead atoms. The number of methoxy groups -OCH3 is 1. The van der Waals surface area contributed by atoms with E-state index in [4.69, 9.17) is 9.26 Å². The van der Waals surface area contributed by atoms with Gasteiger partial charge in [-0.15, -0.1) is 0 Å². The Bertz CT molecular complexity index is 816. The minimum absolute atomic E-state index is 0.0996. The average molecular weight is 403 g/mol. The van der Waals surface area contributed by atoms with Gasteiger partial charge in [0.1, 0.15) is 5.75 Å². The fourth-order valence-corrected chi connectivity index (χ4v) is 5.99. The van der Waals surface area contributed by atoms with Crippen LogP contribution in [0.3, 0.4) is 0 Å². The van der Waals surface area contributed by atoms with Gasteiger partial charge in [0.15, 0.2) is 5.85 Å². The predicted molar refractivity (Wildman–Crippen MR) is 114 cm³/mol. The van der Waals surface area contributed by atoms with Crippen LogP contribution in [0.5, 0.6) is 5.75 Å². The zero-order valence-electron chi connectivity index (χ0n) is 16.9. The molecule has 3 rings (SSSR count). The third-order valence-corrected chi connectivity index (χ3v) is 7.87. The molecule has 2 aromatic carbocycles. The summed E-state index contributed by atoms with van der Waals surface area (Å²) in [5, 5.41) is 11.8. The number of nitrogens with zero attached hydrogens (tertiary/aromatic N) is 1. The fourth-order valence-electron chi connectivity index (χ4n) is 3.67. The second-order valence-electron chi connectivity index (χ2n) is 7.49. The van der Waals surface area contributed by atoms with Crippen LogP contribution in [0.1, 0.15) is 43.5 Å². The first-order valence-electron chi connectivity index (χ1n) is 9.83. The van der Waals surface area contributed by atoms with E-state index in [1.165, 1.54) is 6.42 Å². The quantitative estimate of drug-likeness (QED) is 0.679. The van der Waals surface area contributed by atoms with Crippen LogP contribution in [0, 0.1) is 0 Å². The van der Waals surface area contributed by atoms with Crippen molar-refractivity contribution in [2.75, 3.05) is 26.1 Å². The molecule has 0 amide bonds. The van der Waals surface area contributed by atoms with Crippen molar-refractivity contribution < 1.29 is 18.9 Å². The number of ether oxygens (including phenoxy) is 1. The SMILES string of the molecule is COc1ccccc1[C@H](O)[P@@](=O)(OC1CCCCC1)c1ccc(N(C)C)cc1. The standard InChI is InChI=1S/C22H30NO4P/c1-23(2)17-13-15-19(16-14-17)28(25,27-18-9-5-4-6-10-18)22(24)20-11-7-8-12-21(20)26-3/h7-8,11-16,18,22,24H,4-6,9-10H2,1-3H3/t22-,28+/m1/s1. The second-order valence-corrected chi connectivity index (χ2v) is 9.90. The van der Waals surface area contributed by atoms with Gasteiger partial charge >= 0.3 is 0 Å². The van der Waals surface area contributed by atoms with Crippen LogP contribution in [-0.2, 0) is 9.09 Å². The van der Waals surface area contributed by atoms with Crippen molar-refractivity contribution in [1.82, 2.24) is 0 Å². The summed E-state index contributed by atoms with van der Waals surface area (Å²) in [6, 6.07) is 14.6. The first kappa shape index (κ1) is 20.9. The van der Waals surface area contributed by atoms with Crippen molar-refractivity contribution in [2.45, 2.75) is 44.1 Å². The molecule has 0 aromatic heterocycles. The zero-order chi connectivity index (χ0) is 20.1. The lowest BCUT2D eigenvalue weighted by Gasteiger charge is -2.31. The molecule has 0 radical (unpaired) electrons. The summed E-state index contributed by atoms with van der Waals surface area (Å²) >= 11 is 0. The summed E-state index contributed by atoms with van der Waals surface area (Å²) < 4.78 is 25.8. The van der Waals surface area contributed by atoms with Crippen molar-refractivity contribution in [1.29, 1.82) is 0 Å². The number of benzene rings is 2.